The molecule has 1 aliphatic heterocycles. The Labute approximate surface area is 188 Å². The van der Waals surface area contributed by atoms with Crippen molar-refractivity contribution >= 4 is 32.4 Å². The standard InChI is InChI=1S/C22H30N4O3S2/c1-4-26-21-10-9-19(31(27,28)24(2)3)13-20(21)23-22(26)16-25(14-17-7-5-11-29-17)15-18-8-6-12-30-18/h6,8-10,12-13,17H,4-5,7,11,14-16H2,1-3H3/t17-/m0/s1. The van der Waals surface area contributed by atoms with Crippen LogP contribution in [0.1, 0.15) is 30.5 Å². The van der Waals surface area contributed by atoms with E-state index in [4.69, 9.17) is 9.72 Å². The SMILES string of the molecule is CCn1c(CN(Cc2cccs2)C[C@@H]2CCCO2)nc2cc(S(=O)(=O)N(C)C)ccc21. The van der Waals surface area contributed by atoms with Crippen molar-refractivity contribution in [3.05, 3.63) is 46.4 Å². The second-order valence-corrected chi connectivity index (χ2v) is 11.3. The number of imidazole rings is 1. The van der Waals surface area contributed by atoms with Gasteiger partial charge in [0.2, 0.25) is 10.0 Å². The molecule has 7 nitrogen and oxygen atoms in total. The zero-order chi connectivity index (χ0) is 22.0. The molecule has 0 bridgehead atoms. The molecule has 1 aromatic carbocycles. The van der Waals surface area contributed by atoms with Gasteiger partial charge >= 0.3 is 0 Å². The number of benzene rings is 1. The van der Waals surface area contributed by atoms with Gasteiger partial charge in [-0.3, -0.25) is 4.90 Å². The van der Waals surface area contributed by atoms with Gasteiger partial charge in [0.15, 0.2) is 0 Å². The summed E-state index contributed by atoms with van der Waals surface area (Å²) in [6, 6.07) is 9.47. The first-order valence-electron chi connectivity index (χ1n) is 10.7. The monoisotopic (exact) mass is 462 g/mol. The van der Waals surface area contributed by atoms with Gasteiger partial charge in [0.1, 0.15) is 5.82 Å². The summed E-state index contributed by atoms with van der Waals surface area (Å²) >= 11 is 1.76. The third-order valence-corrected chi connectivity index (χ3v) is 8.38. The number of fused-ring (bicyclic) bond motifs is 1. The van der Waals surface area contributed by atoms with Gasteiger partial charge in [-0.05, 0) is 49.4 Å². The first-order valence-corrected chi connectivity index (χ1v) is 13.0. The van der Waals surface area contributed by atoms with Gasteiger partial charge < -0.3 is 9.30 Å². The number of sulfonamides is 1. The fourth-order valence-electron chi connectivity index (χ4n) is 4.09. The van der Waals surface area contributed by atoms with E-state index in [9.17, 15) is 8.42 Å². The maximum absolute atomic E-state index is 12.6. The summed E-state index contributed by atoms with van der Waals surface area (Å²) in [7, 11) is -0.404. The highest BCUT2D eigenvalue weighted by atomic mass is 32.2. The van der Waals surface area contributed by atoms with Gasteiger partial charge in [-0.2, -0.15) is 0 Å². The molecule has 4 rings (SSSR count). The van der Waals surface area contributed by atoms with Gasteiger partial charge in [0.25, 0.3) is 0 Å². The molecule has 3 aromatic rings. The lowest BCUT2D eigenvalue weighted by Gasteiger charge is -2.24. The maximum atomic E-state index is 12.6. The van der Waals surface area contributed by atoms with Crippen LogP contribution in [-0.2, 0) is 34.4 Å². The Morgan fingerprint density at radius 3 is 2.74 bits per heavy atom. The van der Waals surface area contributed by atoms with Gasteiger partial charge in [-0.15, -0.1) is 11.3 Å². The molecule has 0 spiro atoms. The van der Waals surface area contributed by atoms with E-state index >= 15 is 0 Å². The van der Waals surface area contributed by atoms with Crippen LogP contribution in [-0.4, -0.2) is 60.5 Å². The number of aryl methyl sites for hydroxylation is 1. The van der Waals surface area contributed by atoms with Crippen molar-refractivity contribution in [2.45, 2.75) is 50.4 Å². The second-order valence-electron chi connectivity index (χ2n) is 8.09. The maximum Gasteiger partial charge on any atom is 0.242 e. The van der Waals surface area contributed by atoms with Crippen LogP contribution in [0.3, 0.4) is 0 Å². The Kier molecular flexibility index (Phi) is 6.78. The molecule has 3 heterocycles. The molecule has 0 N–H and O–H groups in total. The number of aromatic nitrogens is 2. The molecule has 0 radical (unpaired) electrons. The van der Waals surface area contributed by atoms with E-state index < -0.39 is 10.0 Å². The minimum Gasteiger partial charge on any atom is -0.377 e. The van der Waals surface area contributed by atoms with Gasteiger partial charge in [0.05, 0.1) is 28.6 Å². The number of thiophene rings is 1. The molecule has 0 aliphatic carbocycles. The summed E-state index contributed by atoms with van der Waals surface area (Å²) in [5.41, 5.74) is 1.68. The number of hydrogen-bond donors (Lipinski definition) is 0. The predicted molar refractivity (Wildman–Crippen MR) is 124 cm³/mol. The Morgan fingerprint density at radius 1 is 1.26 bits per heavy atom. The van der Waals surface area contributed by atoms with Crippen LogP contribution in [0.25, 0.3) is 11.0 Å². The zero-order valence-electron chi connectivity index (χ0n) is 18.3. The molecular formula is C22H30N4O3S2. The highest BCUT2D eigenvalue weighted by Crippen LogP contribution is 2.24. The van der Waals surface area contributed by atoms with E-state index in [2.05, 4.69) is 33.9 Å². The summed E-state index contributed by atoms with van der Waals surface area (Å²) in [5.74, 6) is 0.950. The van der Waals surface area contributed by atoms with E-state index in [-0.39, 0.29) is 11.0 Å². The molecule has 1 saturated heterocycles. The minimum atomic E-state index is -3.49. The summed E-state index contributed by atoms with van der Waals surface area (Å²) in [4.78, 5) is 8.84. The van der Waals surface area contributed by atoms with Crippen molar-refractivity contribution in [1.82, 2.24) is 18.8 Å². The molecule has 9 heteroatoms. The summed E-state index contributed by atoms with van der Waals surface area (Å²) < 4.78 is 34.4. The Balaban J connectivity index is 1.65. The van der Waals surface area contributed by atoms with Crippen LogP contribution in [0.4, 0.5) is 0 Å². The average molecular weight is 463 g/mol. The molecule has 168 valence electrons. The van der Waals surface area contributed by atoms with Crippen LogP contribution >= 0.6 is 11.3 Å². The van der Waals surface area contributed by atoms with Gasteiger partial charge in [-0.1, -0.05) is 6.07 Å². The Hall–Kier alpha value is -1.78. The first kappa shape index (κ1) is 22.4. The van der Waals surface area contributed by atoms with Crippen molar-refractivity contribution in [1.29, 1.82) is 0 Å². The van der Waals surface area contributed by atoms with E-state index in [1.54, 1.807) is 37.6 Å². The molecule has 31 heavy (non-hydrogen) atoms. The van der Waals surface area contributed by atoms with E-state index in [1.807, 2.05) is 6.07 Å². The summed E-state index contributed by atoms with van der Waals surface area (Å²) in [6.45, 7) is 6.12. The molecule has 1 atom stereocenters. The van der Waals surface area contributed by atoms with Crippen LogP contribution in [0, 0.1) is 0 Å². The molecule has 0 amide bonds. The summed E-state index contributed by atoms with van der Waals surface area (Å²) in [5, 5.41) is 2.10. The van der Waals surface area contributed by atoms with Gasteiger partial charge in [-0.25, -0.2) is 17.7 Å². The average Bonchev–Trinajstić information content (AvgIpc) is 3.48. The zero-order valence-corrected chi connectivity index (χ0v) is 20.0. The van der Waals surface area contributed by atoms with E-state index in [1.165, 1.54) is 9.18 Å². The van der Waals surface area contributed by atoms with Crippen LogP contribution in [0.5, 0.6) is 0 Å². The fourth-order valence-corrected chi connectivity index (χ4v) is 5.76. The number of nitrogens with zero attached hydrogens (tertiary/aromatic N) is 4. The minimum absolute atomic E-state index is 0.260. The van der Waals surface area contributed by atoms with Crippen molar-refractivity contribution < 1.29 is 13.2 Å². The van der Waals surface area contributed by atoms with Crippen LogP contribution in [0.2, 0.25) is 0 Å². The largest absolute Gasteiger partial charge is 0.377 e. The molecule has 1 fully saturated rings. The Morgan fingerprint density at radius 2 is 2.10 bits per heavy atom. The van der Waals surface area contributed by atoms with Gasteiger partial charge in [0, 0.05) is 45.2 Å². The highest BCUT2D eigenvalue weighted by molar-refractivity contribution is 7.89. The summed E-state index contributed by atoms with van der Waals surface area (Å²) in [6.07, 6.45) is 2.47. The topological polar surface area (TPSA) is 67.7 Å². The van der Waals surface area contributed by atoms with Crippen LogP contribution in [0.15, 0.2) is 40.6 Å². The smallest absolute Gasteiger partial charge is 0.242 e. The van der Waals surface area contributed by atoms with Crippen molar-refractivity contribution in [2.24, 2.45) is 0 Å². The normalized spacial score (nSPS) is 17.4. The van der Waals surface area contributed by atoms with E-state index in [0.717, 1.165) is 50.4 Å². The first-order chi connectivity index (χ1) is 14.9. The lowest BCUT2D eigenvalue weighted by atomic mass is 10.2. The third kappa shape index (κ3) is 4.85. The predicted octanol–water partition coefficient (Wildman–Crippen LogP) is 3.55. The molecule has 1 aliphatic rings. The quantitative estimate of drug-likeness (QED) is 0.487. The number of ether oxygens (including phenoxy) is 1. The number of hydrogen-bond acceptors (Lipinski definition) is 6. The lowest BCUT2D eigenvalue weighted by molar-refractivity contribution is 0.0670. The van der Waals surface area contributed by atoms with Crippen LogP contribution < -0.4 is 0 Å². The molecule has 0 unspecified atom stereocenters. The second kappa shape index (κ2) is 9.38. The van der Waals surface area contributed by atoms with Crippen molar-refractivity contribution in [2.75, 3.05) is 27.2 Å². The van der Waals surface area contributed by atoms with E-state index in [0.29, 0.717) is 12.1 Å². The Bertz CT molecular complexity index is 1120. The molecule has 0 saturated carbocycles. The molecular weight excluding hydrogens is 432 g/mol. The lowest BCUT2D eigenvalue weighted by Crippen LogP contribution is -2.32. The molecule has 2 aromatic heterocycles. The van der Waals surface area contributed by atoms with Crippen molar-refractivity contribution in [3.8, 4) is 0 Å². The number of rotatable bonds is 9. The fraction of sp³-hybridized carbons (Fsp3) is 0.500. The highest BCUT2D eigenvalue weighted by Gasteiger charge is 2.23. The third-order valence-electron chi connectivity index (χ3n) is 5.70. The van der Waals surface area contributed by atoms with Crippen molar-refractivity contribution in [3.63, 3.8) is 0 Å².